The third-order valence-corrected chi connectivity index (χ3v) is 6.69. The maximum atomic E-state index is 4.29. The minimum Gasteiger partial charge on any atom is -0.333 e. The van der Waals surface area contributed by atoms with E-state index in [1.54, 1.807) is 0 Å². The van der Waals surface area contributed by atoms with Gasteiger partial charge in [-0.1, -0.05) is 51.5 Å². The predicted octanol–water partition coefficient (Wildman–Crippen LogP) is 5.43. The van der Waals surface area contributed by atoms with Crippen molar-refractivity contribution in [2.75, 3.05) is 0 Å². The third kappa shape index (κ3) is 3.93. The number of hydrogen-bond acceptors (Lipinski definition) is 2. The Bertz CT molecular complexity index is 321. The lowest BCUT2D eigenvalue weighted by atomic mass is 10.0. The quantitative estimate of drug-likeness (QED) is 0.593. The molecule has 19 heavy (non-hydrogen) atoms. The van der Waals surface area contributed by atoms with Crippen LogP contribution in [0.2, 0.25) is 0 Å². The van der Waals surface area contributed by atoms with E-state index in [2.05, 4.69) is 11.3 Å². The van der Waals surface area contributed by atoms with Crippen molar-refractivity contribution in [1.29, 1.82) is 0 Å². The smallest absolute Gasteiger partial charge is 0.0358 e. The Morgan fingerprint density at radius 3 is 2.37 bits per heavy atom. The molecule has 1 saturated heterocycles. The minimum atomic E-state index is 0.591. The lowest BCUT2D eigenvalue weighted by Crippen LogP contribution is -2.14. The molecule has 1 unspecified atom stereocenters. The van der Waals surface area contributed by atoms with Gasteiger partial charge in [-0.25, -0.2) is 0 Å². The molecule has 1 spiro atoms. The first-order chi connectivity index (χ1) is 9.29. The van der Waals surface area contributed by atoms with Crippen LogP contribution in [-0.2, 0) is 0 Å². The van der Waals surface area contributed by atoms with Crippen molar-refractivity contribution in [2.24, 2.45) is 11.8 Å². The molecule has 0 aromatic carbocycles. The summed E-state index contributed by atoms with van der Waals surface area (Å²) in [4.78, 5) is 0. The van der Waals surface area contributed by atoms with Crippen LogP contribution >= 0.6 is 11.9 Å². The van der Waals surface area contributed by atoms with Gasteiger partial charge in [0.1, 0.15) is 0 Å². The summed E-state index contributed by atoms with van der Waals surface area (Å²) in [6.45, 7) is 4.29. The Labute approximate surface area is 123 Å². The fourth-order valence-electron chi connectivity index (χ4n) is 3.52. The molecule has 0 radical (unpaired) electrons. The molecular formula is C17H29NS. The molecule has 1 heterocycles. The normalized spacial score (nSPS) is 35.7. The number of nitrogens with one attached hydrogen (secondary N) is 1. The first kappa shape index (κ1) is 13.9. The zero-order valence-electron chi connectivity index (χ0n) is 12.3. The van der Waals surface area contributed by atoms with Crippen LogP contribution in [0.5, 0.6) is 0 Å². The van der Waals surface area contributed by atoms with E-state index in [1.165, 1.54) is 82.7 Å². The van der Waals surface area contributed by atoms with Crippen molar-refractivity contribution >= 4 is 11.9 Å². The van der Waals surface area contributed by atoms with Crippen LogP contribution in [0, 0.1) is 11.8 Å². The minimum absolute atomic E-state index is 0.591. The van der Waals surface area contributed by atoms with Gasteiger partial charge in [0.15, 0.2) is 0 Å². The Kier molecular flexibility index (Phi) is 4.46. The van der Waals surface area contributed by atoms with Gasteiger partial charge >= 0.3 is 0 Å². The maximum absolute atomic E-state index is 4.29. The van der Waals surface area contributed by atoms with Crippen molar-refractivity contribution in [2.45, 2.75) is 81.8 Å². The summed E-state index contributed by atoms with van der Waals surface area (Å²) >= 11 is 2.01. The van der Waals surface area contributed by atoms with E-state index in [9.17, 15) is 0 Å². The van der Waals surface area contributed by atoms with Crippen LogP contribution in [-0.4, -0.2) is 4.75 Å². The number of hydrogen-bond donors (Lipinski definition) is 1. The summed E-state index contributed by atoms with van der Waals surface area (Å²) in [5.41, 5.74) is 1.33. The highest BCUT2D eigenvalue weighted by Crippen LogP contribution is 2.53. The molecule has 1 aliphatic heterocycles. The van der Waals surface area contributed by atoms with Crippen molar-refractivity contribution in [3.05, 3.63) is 12.3 Å². The summed E-state index contributed by atoms with van der Waals surface area (Å²) in [5, 5.41) is 0. The molecule has 0 aromatic rings. The highest BCUT2D eigenvalue weighted by atomic mass is 32.2. The number of rotatable bonds is 0. The van der Waals surface area contributed by atoms with E-state index < -0.39 is 0 Å². The first-order valence-electron chi connectivity index (χ1n) is 8.42. The van der Waals surface area contributed by atoms with Gasteiger partial charge in [0.05, 0.1) is 0 Å². The van der Waals surface area contributed by atoms with Gasteiger partial charge in [0, 0.05) is 16.4 Å². The molecule has 0 bridgehead atoms. The zero-order chi connectivity index (χ0) is 13.1. The maximum Gasteiger partial charge on any atom is 0.0358 e. The molecule has 1 N–H and O–H groups in total. The molecule has 0 aromatic heterocycles. The van der Waals surface area contributed by atoms with E-state index in [-0.39, 0.29) is 0 Å². The monoisotopic (exact) mass is 279 g/mol. The van der Waals surface area contributed by atoms with Gasteiger partial charge in [-0.3, -0.25) is 0 Å². The summed E-state index contributed by atoms with van der Waals surface area (Å²) in [7, 11) is 0. The number of fused-ring (bicyclic) bond motifs is 1. The van der Waals surface area contributed by atoms with Crippen LogP contribution in [0.15, 0.2) is 12.3 Å². The van der Waals surface area contributed by atoms with E-state index in [0.717, 1.165) is 11.8 Å². The summed E-state index contributed by atoms with van der Waals surface area (Å²) in [6.07, 6.45) is 17.3. The second-order valence-electron chi connectivity index (χ2n) is 7.03. The molecule has 108 valence electrons. The largest absolute Gasteiger partial charge is 0.333 e. The summed E-state index contributed by atoms with van der Waals surface area (Å²) in [5.74, 6) is 1.76. The molecule has 2 atom stereocenters. The van der Waals surface area contributed by atoms with Crippen molar-refractivity contribution in [3.63, 3.8) is 0 Å². The average Bonchev–Trinajstić information content (AvgIpc) is 3.30. The molecule has 1 nitrogen and oxygen atoms in total. The first-order valence-corrected chi connectivity index (χ1v) is 9.24. The van der Waals surface area contributed by atoms with Gasteiger partial charge < -0.3 is 4.72 Å². The van der Waals surface area contributed by atoms with Crippen LogP contribution in [0.4, 0.5) is 0 Å². The number of allylic oxidation sites excluding steroid dienone is 1. The van der Waals surface area contributed by atoms with Gasteiger partial charge in [0.2, 0.25) is 0 Å². The lowest BCUT2D eigenvalue weighted by Gasteiger charge is -2.17. The van der Waals surface area contributed by atoms with E-state index in [4.69, 9.17) is 0 Å². The van der Waals surface area contributed by atoms with Crippen molar-refractivity contribution in [3.8, 4) is 0 Å². The topological polar surface area (TPSA) is 12.0 Å². The highest BCUT2D eigenvalue weighted by molar-refractivity contribution is 7.99. The molecule has 3 fully saturated rings. The molecule has 2 saturated carbocycles. The fourth-order valence-corrected chi connectivity index (χ4v) is 4.57. The second-order valence-corrected chi connectivity index (χ2v) is 8.30. The Hall–Kier alpha value is -0.110. The van der Waals surface area contributed by atoms with Crippen LogP contribution in [0.3, 0.4) is 0 Å². The summed E-state index contributed by atoms with van der Waals surface area (Å²) in [6, 6.07) is 0. The van der Waals surface area contributed by atoms with Crippen LogP contribution in [0.1, 0.15) is 77.0 Å². The van der Waals surface area contributed by atoms with Crippen molar-refractivity contribution in [1.82, 2.24) is 4.72 Å². The van der Waals surface area contributed by atoms with Crippen LogP contribution < -0.4 is 4.72 Å². The molecule has 0 amide bonds. The predicted molar refractivity (Wildman–Crippen MR) is 85.0 cm³/mol. The van der Waals surface area contributed by atoms with Gasteiger partial charge in [0.25, 0.3) is 0 Å². The van der Waals surface area contributed by atoms with E-state index >= 15 is 0 Å². The standard InChI is InChI=1S/C17H29NS/c1-14-16-13-15(16)9-7-5-3-2-4-6-8-10-17(11-12-17)19-18-14/h15-16,18H,1-13H2/t15-,16?/m1/s1. The molecule has 2 aliphatic carbocycles. The van der Waals surface area contributed by atoms with Gasteiger partial charge in [-0.05, 0) is 50.0 Å². The Balaban J connectivity index is 1.49. The SMILES string of the molecule is C=C1NSC2(CCCCCCCCC[C@@H]3CC13)CC2. The zero-order valence-corrected chi connectivity index (χ0v) is 13.1. The molecule has 2 heteroatoms. The fraction of sp³-hybridized carbons (Fsp3) is 0.882. The molecule has 3 rings (SSSR count). The van der Waals surface area contributed by atoms with Crippen molar-refractivity contribution < 1.29 is 0 Å². The van der Waals surface area contributed by atoms with Gasteiger partial charge in [-0.2, -0.15) is 0 Å². The van der Waals surface area contributed by atoms with E-state index in [0.29, 0.717) is 4.75 Å². The van der Waals surface area contributed by atoms with Gasteiger partial charge in [-0.15, -0.1) is 0 Å². The molecular weight excluding hydrogens is 250 g/mol. The lowest BCUT2D eigenvalue weighted by molar-refractivity contribution is 0.538. The van der Waals surface area contributed by atoms with Crippen LogP contribution in [0.25, 0.3) is 0 Å². The highest BCUT2D eigenvalue weighted by Gasteiger charge is 2.44. The average molecular weight is 279 g/mol. The van der Waals surface area contributed by atoms with E-state index in [1.807, 2.05) is 11.9 Å². The Morgan fingerprint density at radius 1 is 0.947 bits per heavy atom. The molecule has 3 aliphatic rings. The third-order valence-electron chi connectivity index (χ3n) is 5.28. The second kappa shape index (κ2) is 6.11. The summed E-state index contributed by atoms with van der Waals surface area (Å²) < 4.78 is 4.21. The Morgan fingerprint density at radius 2 is 1.63 bits per heavy atom.